The zero-order chi connectivity index (χ0) is 18.8. The second kappa shape index (κ2) is 7.05. The van der Waals surface area contributed by atoms with E-state index in [4.69, 9.17) is 11.6 Å². The number of carbonyl (C=O) groups is 1. The molecule has 2 rings (SSSR count). The molecule has 0 atom stereocenters. The van der Waals surface area contributed by atoms with E-state index in [-0.39, 0.29) is 12.1 Å². The molecule has 1 amide bonds. The van der Waals surface area contributed by atoms with E-state index in [9.17, 15) is 26.4 Å². The first-order chi connectivity index (χ1) is 11.5. The van der Waals surface area contributed by atoms with Gasteiger partial charge in [0.05, 0.1) is 4.90 Å². The van der Waals surface area contributed by atoms with Crippen LogP contribution in [0.1, 0.15) is 15.9 Å². The van der Waals surface area contributed by atoms with Gasteiger partial charge in [0.25, 0.3) is 15.7 Å². The summed E-state index contributed by atoms with van der Waals surface area (Å²) in [6, 6.07) is 10.5. The Balaban J connectivity index is 2.18. The lowest BCUT2D eigenvalue weighted by molar-refractivity contribution is -0.0436. The van der Waals surface area contributed by atoms with Gasteiger partial charge in [-0.05, 0) is 42.0 Å². The standard InChI is InChI=1S/C16H13ClF3NO3S/c1-21(10-11-3-2-4-13(17)9-11)15(22)12-5-7-14(8-6-12)25(23,24)16(18,19)20/h2-9H,10H2,1H3. The van der Waals surface area contributed by atoms with E-state index in [1.54, 1.807) is 24.3 Å². The number of benzene rings is 2. The summed E-state index contributed by atoms with van der Waals surface area (Å²) in [7, 11) is -3.91. The van der Waals surface area contributed by atoms with Gasteiger partial charge in [-0.1, -0.05) is 23.7 Å². The van der Waals surface area contributed by atoms with Crippen LogP contribution >= 0.6 is 11.6 Å². The SMILES string of the molecule is CN(Cc1cccc(Cl)c1)C(=O)c1ccc(S(=O)(=O)C(F)(F)F)cc1. The van der Waals surface area contributed by atoms with Crippen molar-refractivity contribution in [3.05, 3.63) is 64.7 Å². The monoisotopic (exact) mass is 391 g/mol. The Bertz CT molecular complexity index is 880. The molecule has 0 unspecified atom stereocenters. The molecule has 2 aromatic rings. The first kappa shape index (κ1) is 19.3. The molecule has 0 N–H and O–H groups in total. The molecule has 0 aliphatic heterocycles. The van der Waals surface area contributed by atoms with Crippen molar-refractivity contribution in [2.24, 2.45) is 0 Å². The third-order valence-corrected chi connectivity index (χ3v) is 5.11. The molecule has 0 saturated heterocycles. The summed E-state index contributed by atoms with van der Waals surface area (Å²) in [4.78, 5) is 12.8. The highest BCUT2D eigenvalue weighted by atomic mass is 35.5. The molecule has 9 heteroatoms. The number of hydrogen-bond acceptors (Lipinski definition) is 3. The van der Waals surface area contributed by atoms with Crippen molar-refractivity contribution in [2.45, 2.75) is 16.9 Å². The summed E-state index contributed by atoms with van der Waals surface area (Å²) < 4.78 is 60.1. The van der Waals surface area contributed by atoms with Gasteiger partial charge in [-0.2, -0.15) is 13.2 Å². The molecule has 2 aromatic carbocycles. The first-order valence-electron chi connectivity index (χ1n) is 6.93. The lowest BCUT2D eigenvalue weighted by Gasteiger charge is -2.18. The molecule has 0 heterocycles. The third kappa shape index (κ3) is 4.32. The molecule has 0 bridgehead atoms. The quantitative estimate of drug-likeness (QED) is 0.794. The topological polar surface area (TPSA) is 54.5 Å². The molecule has 0 saturated carbocycles. The number of nitrogens with zero attached hydrogens (tertiary/aromatic N) is 1. The van der Waals surface area contributed by atoms with E-state index in [0.29, 0.717) is 5.02 Å². The minimum absolute atomic E-state index is 0.0747. The lowest BCUT2D eigenvalue weighted by atomic mass is 10.1. The van der Waals surface area contributed by atoms with Crippen LogP contribution in [0.3, 0.4) is 0 Å². The van der Waals surface area contributed by atoms with Crippen molar-refractivity contribution in [3.63, 3.8) is 0 Å². The fraction of sp³-hybridized carbons (Fsp3) is 0.188. The minimum Gasteiger partial charge on any atom is -0.337 e. The highest BCUT2D eigenvalue weighted by Gasteiger charge is 2.46. The van der Waals surface area contributed by atoms with Gasteiger partial charge in [0.15, 0.2) is 0 Å². The van der Waals surface area contributed by atoms with Crippen molar-refractivity contribution in [1.82, 2.24) is 4.90 Å². The summed E-state index contributed by atoms with van der Waals surface area (Å²) in [6.45, 7) is 0.238. The number of sulfone groups is 1. The second-order valence-corrected chi connectivity index (χ2v) is 7.64. The predicted molar refractivity (Wildman–Crippen MR) is 86.9 cm³/mol. The van der Waals surface area contributed by atoms with Crippen LogP contribution in [0.4, 0.5) is 13.2 Å². The van der Waals surface area contributed by atoms with E-state index in [1.165, 1.54) is 11.9 Å². The van der Waals surface area contributed by atoms with Crippen molar-refractivity contribution in [1.29, 1.82) is 0 Å². The van der Waals surface area contributed by atoms with Gasteiger partial charge in [0, 0.05) is 24.2 Å². The van der Waals surface area contributed by atoms with Crippen molar-refractivity contribution in [3.8, 4) is 0 Å². The van der Waals surface area contributed by atoms with Gasteiger partial charge in [-0.15, -0.1) is 0 Å². The summed E-state index contributed by atoms with van der Waals surface area (Å²) in [5.74, 6) is -0.462. The molecule has 0 aliphatic rings. The first-order valence-corrected chi connectivity index (χ1v) is 8.80. The third-order valence-electron chi connectivity index (χ3n) is 3.37. The number of alkyl halides is 3. The van der Waals surface area contributed by atoms with Gasteiger partial charge in [-0.3, -0.25) is 4.79 Å². The lowest BCUT2D eigenvalue weighted by Crippen LogP contribution is -2.26. The van der Waals surface area contributed by atoms with Gasteiger partial charge < -0.3 is 4.90 Å². The molecular formula is C16H13ClF3NO3S. The predicted octanol–water partition coefficient (Wildman–Crippen LogP) is 3.91. The highest BCUT2D eigenvalue weighted by Crippen LogP contribution is 2.30. The normalized spacial score (nSPS) is 12.0. The largest absolute Gasteiger partial charge is 0.501 e. The Hall–Kier alpha value is -2.06. The average molecular weight is 392 g/mol. The van der Waals surface area contributed by atoms with Crippen LogP contribution in [0.15, 0.2) is 53.4 Å². The van der Waals surface area contributed by atoms with Gasteiger partial charge in [-0.25, -0.2) is 8.42 Å². The molecule has 4 nitrogen and oxygen atoms in total. The van der Waals surface area contributed by atoms with E-state index in [0.717, 1.165) is 29.8 Å². The Kier molecular flexibility index (Phi) is 5.43. The number of halogens is 4. The van der Waals surface area contributed by atoms with E-state index >= 15 is 0 Å². The summed E-state index contributed by atoms with van der Waals surface area (Å²) in [6.07, 6.45) is 0. The zero-order valence-electron chi connectivity index (χ0n) is 12.9. The van der Waals surface area contributed by atoms with Crippen LogP contribution in [0.5, 0.6) is 0 Å². The van der Waals surface area contributed by atoms with E-state index in [1.807, 2.05) is 0 Å². The van der Waals surface area contributed by atoms with Crippen molar-refractivity contribution < 1.29 is 26.4 Å². The Morgan fingerprint density at radius 2 is 1.72 bits per heavy atom. The maximum atomic E-state index is 12.5. The second-order valence-electron chi connectivity index (χ2n) is 5.26. The van der Waals surface area contributed by atoms with Crippen LogP contribution in [0.2, 0.25) is 5.02 Å². The number of rotatable bonds is 4. The fourth-order valence-electron chi connectivity index (χ4n) is 2.11. The Morgan fingerprint density at radius 1 is 1.12 bits per heavy atom. The fourth-order valence-corrected chi connectivity index (χ4v) is 3.09. The van der Waals surface area contributed by atoms with Gasteiger partial charge in [0.1, 0.15) is 0 Å². The summed E-state index contributed by atoms with van der Waals surface area (Å²) in [5, 5.41) is 0.514. The highest BCUT2D eigenvalue weighted by molar-refractivity contribution is 7.92. The number of amides is 1. The summed E-state index contributed by atoms with van der Waals surface area (Å²) in [5.41, 5.74) is -4.53. The molecule has 0 spiro atoms. The van der Waals surface area contributed by atoms with Gasteiger partial charge in [0.2, 0.25) is 0 Å². The van der Waals surface area contributed by atoms with Crippen LogP contribution in [0.25, 0.3) is 0 Å². The number of carbonyl (C=O) groups excluding carboxylic acids is 1. The Labute approximate surface area is 147 Å². The maximum Gasteiger partial charge on any atom is 0.501 e. The van der Waals surface area contributed by atoms with Crippen LogP contribution < -0.4 is 0 Å². The summed E-state index contributed by atoms with van der Waals surface area (Å²) >= 11 is 5.87. The molecule has 0 aliphatic carbocycles. The Morgan fingerprint density at radius 3 is 2.24 bits per heavy atom. The van der Waals surface area contributed by atoms with E-state index in [2.05, 4.69) is 0 Å². The molecule has 25 heavy (non-hydrogen) atoms. The molecular weight excluding hydrogens is 379 g/mol. The van der Waals surface area contributed by atoms with Gasteiger partial charge >= 0.3 is 5.51 Å². The van der Waals surface area contributed by atoms with Crippen molar-refractivity contribution in [2.75, 3.05) is 7.05 Å². The smallest absolute Gasteiger partial charge is 0.337 e. The zero-order valence-corrected chi connectivity index (χ0v) is 14.5. The number of hydrogen-bond donors (Lipinski definition) is 0. The van der Waals surface area contributed by atoms with Crippen LogP contribution in [-0.2, 0) is 16.4 Å². The molecule has 134 valence electrons. The minimum atomic E-state index is -5.43. The maximum absolute atomic E-state index is 12.5. The molecule has 0 fully saturated rings. The van der Waals surface area contributed by atoms with Crippen molar-refractivity contribution >= 4 is 27.3 Å². The molecule has 0 radical (unpaired) electrons. The van der Waals surface area contributed by atoms with Crippen LogP contribution in [0, 0.1) is 0 Å². The van der Waals surface area contributed by atoms with E-state index < -0.39 is 26.1 Å². The molecule has 0 aromatic heterocycles. The van der Waals surface area contributed by atoms with Crippen LogP contribution in [-0.4, -0.2) is 31.8 Å². The average Bonchev–Trinajstić information content (AvgIpc) is 2.53.